The van der Waals surface area contributed by atoms with E-state index in [1.807, 2.05) is 19.1 Å². The van der Waals surface area contributed by atoms with Gasteiger partial charge in [0.2, 0.25) is 0 Å². The molecule has 2 N–H and O–H groups in total. The molecular weight excluding hydrogens is 160 g/mol. The lowest BCUT2D eigenvalue weighted by molar-refractivity contribution is 0.677. The van der Waals surface area contributed by atoms with E-state index in [-0.39, 0.29) is 0 Å². The van der Waals surface area contributed by atoms with Crippen LogP contribution in [0.4, 0.5) is 0 Å². The first-order valence-corrected chi connectivity index (χ1v) is 4.61. The zero-order valence-electron chi connectivity index (χ0n) is 7.98. The summed E-state index contributed by atoms with van der Waals surface area (Å²) in [5.41, 5.74) is 6.82. The van der Waals surface area contributed by atoms with E-state index in [9.17, 15) is 0 Å². The van der Waals surface area contributed by atoms with E-state index >= 15 is 0 Å². The van der Waals surface area contributed by atoms with E-state index in [2.05, 4.69) is 17.1 Å². The number of nitrogens with zero attached hydrogens (tertiary/aromatic N) is 1. The minimum Gasteiger partial charge on any atom is -0.328 e. The molecule has 0 aromatic carbocycles. The molecule has 1 aromatic rings. The van der Waals surface area contributed by atoms with E-state index in [1.165, 1.54) is 5.56 Å². The molecular formula is C11H16N2. The lowest BCUT2D eigenvalue weighted by atomic mass is 10.1. The third kappa shape index (κ3) is 4.43. The molecule has 2 nitrogen and oxygen atoms in total. The number of hydrogen-bond acceptors (Lipinski definition) is 2. The first-order valence-electron chi connectivity index (χ1n) is 4.61. The second-order valence-corrected chi connectivity index (χ2v) is 3.24. The Hall–Kier alpha value is -1.15. The van der Waals surface area contributed by atoms with Gasteiger partial charge in [-0.25, -0.2) is 0 Å². The fourth-order valence-electron chi connectivity index (χ4n) is 1.05. The van der Waals surface area contributed by atoms with Crippen LogP contribution in [0.25, 0.3) is 6.08 Å². The Bertz CT molecular complexity index is 252. The molecule has 70 valence electrons. The van der Waals surface area contributed by atoms with Gasteiger partial charge < -0.3 is 5.73 Å². The lowest BCUT2D eigenvalue weighted by Gasteiger charge is -1.99. The van der Waals surface area contributed by atoms with Crippen LogP contribution in [0.3, 0.4) is 0 Å². The van der Waals surface area contributed by atoms with Gasteiger partial charge in [-0.3, -0.25) is 4.98 Å². The minimum atomic E-state index is 0.294. The van der Waals surface area contributed by atoms with Crippen molar-refractivity contribution in [3.63, 3.8) is 0 Å². The molecule has 0 fully saturated rings. The summed E-state index contributed by atoms with van der Waals surface area (Å²) in [5, 5.41) is 0. The van der Waals surface area contributed by atoms with Gasteiger partial charge in [0.15, 0.2) is 0 Å². The predicted octanol–water partition coefficient (Wildman–Crippen LogP) is 2.22. The summed E-state index contributed by atoms with van der Waals surface area (Å²) in [6.45, 7) is 2.03. The second kappa shape index (κ2) is 5.49. The van der Waals surface area contributed by atoms with Gasteiger partial charge in [-0.05, 0) is 37.5 Å². The summed E-state index contributed by atoms with van der Waals surface area (Å²) in [4.78, 5) is 3.95. The molecule has 0 amide bonds. The maximum atomic E-state index is 5.63. The molecule has 0 radical (unpaired) electrons. The van der Waals surface area contributed by atoms with Crippen LogP contribution in [-0.2, 0) is 0 Å². The molecule has 1 atom stereocenters. The van der Waals surface area contributed by atoms with Gasteiger partial charge in [0.05, 0.1) is 0 Å². The maximum Gasteiger partial charge on any atom is 0.0273 e. The van der Waals surface area contributed by atoms with Gasteiger partial charge in [-0.15, -0.1) is 0 Å². The topological polar surface area (TPSA) is 38.9 Å². The third-order valence-corrected chi connectivity index (χ3v) is 1.81. The number of pyridine rings is 1. The average molecular weight is 176 g/mol. The Balaban J connectivity index is 2.33. The minimum absolute atomic E-state index is 0.294. The molecule has 0 aliphatic carbocycles. The van der Waals surface area contributed by atoms with Crippen LogP contribution >= 0.6 is 0 Å². The smallest absolute Gasteiger partial charge is 0.0273 e. The predicted molar refractivity (Wildman–Crippen MR) is 56.2 cm³/mol. The number of rotatable bonds is 4. The zero-order chi connectivity index (χ0) is 9.52. The fourth-order valence-corrected chi connectivity index (χ4v) is 1.05. The van der Waals surface area contributed by atoms with Crippen molar-refractivity contribution in [2.75, 3.05) is 0 Å². The zero-order valence-corrected chi connectivity index (χ0v) is 7.98. The van der Waals surface area contributed by atoms with Crippen molar-refractivity contribution >= 4 is 6.08 Å². The molecule has 0 aliphatic heterocycles. The van der Waals surface area contributed by atoms with Crippen molar-refractivity contribution in [2.45, 2.75) is 25.8 Å². The molecule has 1 heterocycles. The van der Waals surface area contributed by atoms with E-state index in [0.717, 1.165) is 12.8 Å². The summed E-state index contributed by atoms with van der Waals surface area (Å²) in [7, 11) is 0. The summed E-state index contributed by atoms with van der Waals surface area (Å²) in [5.74, 6) is 0. The normalized spacial score (nSPS) is 13.4. The van der Waals surface area contributed by atoms with E-state index in [1.54, 1.807) is 12.4 Å². The Labute approximate surface area is 79.5 Å². The van der Waals surface area contributed by atoms with Crippen LogP contribution in [-0.4, -0.2) is 11.0 Å². The van der Waals surface area contributed by atoms with Crippen LogP contribution in [0.15, 0.2) is 30.6 Å². The quantitative estimate of drug-likeness (QED) is 0.764. The van der Waals surface area contributed by atoms with Crippen LogP contribution < -0.4 is 5.73 Å². The Morgan fingerprint density at radius 3 is 2.77 bits per heavy atom. The summed E-state index contributed by atoms with van der Waals surface area (Å²) in [6.07, 6.45) is 9.93. The van der Waals surface area contributed by atoms with Crippen LogP contribution in [0.2, 0.25) is 0 Å². The highest BCUT2D eigenvalue weighted by atomic mass is 14.6. The van der Waals surface area contributed by atoms with Gasteiger partial charge in [0, 0.05) is 18.4 Å². The third-order valence-electron chi connectivity index (χ3n) is 1.81. The van der Waals surface area contributed by atoms with Gasteiger partial charge >= 0.3 is 0 Å². The Morgan fingerprint density at radius 2 is 2.15 bits per heavy atom. The molecule has 0 saturated heterocycles. The Morgan fingerprint density at radius 1 is 1.46 bits per heavy atom. The lowest BCUT2D eigenvalue weighted by Crippen LogP contribution is -2.13. The maximum absolute atomic E-state index is 5.63. The molecule has 0 saturated carbocycles. The molecule has 0 spiro atoms. The second-order valence-electron chi connectivity index (χ2n) is 3.24. The molecule has 1 rings (SSSR count). The van der Waals surface area contributed by atoms with Gasteiger partial charge in [-0.2, -0.15) is 0 Å². The highest BCUT2D eigenvalue weighted by Gasteiger charge is 1.89. The molecule has 1 unspecified atom stereocenters. The molecule has 2 heteroatoms. The van der Waals surface area contributed by atoms with E-state index < -0.39 is 0 Å². The monoisotopic (exact) mass is 176 g/mol. The van der Waals surface area contributed by atoms with Crippen molar-refractivity contribution in [1.82, 2.24) is 4.98 Å². The number of hydrogen-bond donors (Lipinski definition) is 1. The summed E-state index contributed by atoms with van der Waals surface area (Å²) in [6, 6.07) is 4.27. The fraction of sp³-hybridized carbons (Fsp3) is 0.364. The van der Waals surface area contributed by atoms with Crippen molar-refractivity contribution in [2.24, 2.45) is 5.73 Å². The number of allylic oxidation sites excluding steroid dienone is 1. The molecule has 0 aliphatic rings. The highest BCUT2D eigenvalue weighted by molar-refractivity contribution is 5.47. The SMILES string of the molecule is CC(N)CC/C=C/c1ccncc1. The van der Waals surface area contributed by atoms with Crippen LogP contribution in [0.1, 0.15) is 25.3 Å². The van der Waals surface area contributed by atoms with Gasteiger partial charge in [0.1, 0.15) is 0 Å². The number of aromatic nitrogens is 1. The number of nitrogens with two attached hydrogens (primary N) is 1. The van der Waals surface area contributed by atoms with Crippen molar-refractivity contribution < 1.29 is 0 Å². The molecule has 1 aromatic heterocycles. The van der Waals surface area contributed by atoms with Gasteiger partial charge in [-0.1, -0.05) is 12.2 Å². The first kappa shape index (κ1) is 9.93. The van der Waals surface area contributed by atoms with Gasteiger partial charge in [0.25, 0.3) is 0 Å². The standard InChI is InChI=1S/C11H16N2/c1-10(12)4-2-3-5-11-6-8-13-9-7-11/h3,5-10H,2,4,12H2,1H3/b5-3+. The average Bonchev–Trinajstić information content (AvgIpc) is 2.14. The van der Waals surface area contributed by atoms with Crippen molar-refractivity contribution in [3.8, 4) is 0 Å². The van der Waals surface area contributed by atoms with Crippen molar-refractivity contribution in [3.05, 3.63) is 36.2 Å². The largest absolute Gasteiger partial charge is 0.328 e. The van der Waals surface area contributed by atoms with E-state index in [4.69, 9.17) is 5.73 Å². The van der Waals surface area contributed by atoms with Crippen molar-refractivity contribution in [1.29, 1.82) is 0 Å². The van der Waals surface area contributed by atoms with Crippen LogP contribution in [0.5, 0.6) is 0 Å². The first-order chi connectivity index (χ1) is 6.29. The molecule has 13 heavy (non-hydrogen) atoms. The Kier molecular flexibility index (Phi) is 4.19. The van der Waals surface area contributed by atoms with Crippen LogP contribution in [0, 0.1) is 0 Å². The van der Waals surface area contributed by atoms with E-state index in [0.29, 0.717) is 6.04 Å². The summed E-state index contributed by atoms with van der Waals surface area (Å²) < 4.78 is 0. The highest BCUT2D eigenvalue weighted by Crippen LogP contribution is 2.02. The summed E-state index contributed by atoms with van der Waals surface area (Å²) >= 11 is 0. The molecule has 0 bridgehead atoms.